The Morgan fingerprint density at radius 2 is 2.08 bits per heavy atom. The first kappa shape index (κ1) is 17.5. The van der Waals surface area contributed by atoms with Gasteiger partial charge >= 0.3 is 0 Å². The quantitative estimate of drug-likeness (QED) is 0.568. The summed E-state index contributed by atoms with van der Waals surface area (Å²) in [4.78, 5) is 4.19. The highest BCUT2D eigenvalue weighted by Gasteiger charge is 2.18. The zero-order chi connectivity index (χ0) is 17.5. The lowest BCUT2D eigenvalue weighted by Gasteiger charge is -2.14. The summed E-state index contributed by atoms with van der Waals surface area (Å²) in [6, 6.07) is 11.7. The van der Waals surface area contributed by atoms with Gasteiger partial charge in [-0.2, -0.15) is 0 Å². The van der Waals surface area contributed by atoms with E-state index in [1.165, 1.54) is 5.54 Å². The minimum Gasteiger partial charge on any atom is -0.492 e. The van der Waals surface area contributed by atoms with E-state index in [0.717, 1.165) is 28.0 Å². The first-order valence-electron chi connectivity index (χ1n) is 7.81. The maximum atomic E-state index is 5.80. The van der Waals surface area contributed by atoms with Crippen LogP contribution in [0.2, 0.25) is 0 Å². The second-order valence-electron chi connectivity index (χ2n) is 4.96. The molecule has 3 rings (SSSR count). The predicted molar refractivity (Wildman–Crippen MR) is 101 cm³/mol. The number of para-hydroxylation sites is 2. The van der Waals surface area contributed by atoms with Gasteiger partial charge in [0.15, 0.2) is 11.0 Å². The summed E-state index contributed by atoms with van der Waals surface area (Å²) >= 11 is 7.18. The summed E-state index contributed by atoms with van der Waals surface area (Å²) in [6.45, 7) is 2.55. The molecule has 128 valence electrons. The molecule has 0 N–H and O–H groups in total. The summed E-state index contributed by atoms with van der Waals surface area (Å²) in [5, 5.41) is 9.50. The van der Waals surface area contributed by atoms with Gasteiger partial charge in [0.2, 0.25) is 0 Å². The fourth-order valence-electron chi connectivity index (χ4n) is 2.34. The van der Waals surface area contributed by atoms with Crippen LogP contribution in [-0.2, 0) is 0 Å². The molecule has 0 bridgehead atoms. The lowest BCUT2D eigenvalue weighted by Crippen LogP contribution is -2.04. The molecule has 0 saturated carbocycles. The van der Waals surface area contributed by atoms with Gasteiger partial charge in [-0.1, -0.05) is 41.6 Å². The number of hydrogen-bond acceptors (Lipinski definition) is 5. The van der Waals surface area contributed by atoms with E-state index in [1.807, 2.05) is 54.0 Å². The third kappa shape index (κ3) is 4.03. The van der Waals surface area contributed by atoms with Gasteiger partial charge in [0, 0.05) is 29.2 Å². The molecule has 0 fully saturated rings. The highest BCUT2D eigenvalue weighted by molar-refractivity contribution is 7.99. The molecule has 0 atom stereocenters. The number of ether oxygens (including phenoxy) is 1. The van der Waals surface area contributed by atoms with Crippen molar-refractivity contribution in [1.82, 2.24) is 19.7 Å². The van der Waals surface area contributed by atoms with Crippen molar-refractivity contribution in [2.75, 3.05) is 12.4 Å². The summed E-state index contributed by atoms with van der Waals surface area (Å²) < 4.78 is 7.79. The standard InChI is InChI=1S/C18H17ClN4OS/c1-2-24-16-9-4-3-8-15(16)23-17(14-7-5-11-20-13-14)21-22-18(23)25-12-6-10-19/h3-11,13H,2,12H2,1H3. The molecule has 3 aromatic rings. The van der Waals surface area contributed by atoms with Crippen LogP contribution in [0.25, 0.3) is 17.1 Å². The Bertz CT molecular complexity index is 851. The Balaban J connectivity index is 2.13. The molecule has 1 aromatic carbocycles. The second-order valence-corrected chi connectivity index (χ2v) is 6.20. The molecule has 7 heteroatoms. The molecular formula is C18H17ClN4OS. The Morgan fingerprint density at radius 1 is 1.20 bits per heavy atom. The first-order chi connectivity index (χ1) is 12.3. The highest BCUT2D eigenvalue weighted by Crippen LogP contribution is 2.32. The van der Waals surface area contributed by atoms with Crippen molar-refractivity contribution in [1.29, 1.82) is 0 Å². The Morgan fingerprint density at radius 3 is 2.84 bits per heavy atom. The maximum Gasteiger partial charge on any atom is 0.196 e. The molecule has 2 aromatic heterocycles. The number of aromatic nitrogens is 4. The van der Waals surface area contributed by atoms with Gasteiger partial charge in [-0.25, -0.2) is 0 Å². The van der Waals surface area contributed by atoms with Crippen LogP contribution < -0.4 is 4.74 Å². The van der Waals surface area contributed by atoms with E-state index in [9.17, 15) is 0 Å². The van der Waals surface area contributed by atoms with Crippen LogP contribution in [0.5, 0.6) is 5.75 Å². The van der Waals surface area contributed by atoms with Crippen molar-refractivity contribution >= 4 is 23.4 Å². The Hall–Kier alpha value is -2.31. The molecule has 0 aliphatic heterocycles. The average molecular weight is 373 g/mol. The number of thioether (sulfide) groups is 1. The monoisotopic (exact) mass is 372 g/mol. The van der Waals surface area contributed by atoms with Crippen molar-refractivity contribution in [2.24, 2.45) is 0 Å². The van der Waals surface area contributed by atoms with E-state index < -0.39 is 0 Å². The smallest absolute Gasteiger partial charge is 0.196 e. The minimum absolute atomic E-state index is 0.582. The van der Waals surface area contributed by atoms with E-state index >= 15 is 0 Å². The number of hydrogen-bond donors (Lipinski definition) is 0. The van der Waals surface area contributed by atoms with Gasteiger partial charge in [-0.3, -0.25) is 9.55 Å². The van der Waals surface area contributed by atoms with Gasteiger partial charge in [0.05, 0.1) is 12.3 Å². The molecule has 0 saturated heterocycles. The van der Waals surface area contributed by atoms with E-state index in [-0.39, 0.29) is 0 Å². The van der Waals surface area contributed by atoms with Gasteiger partial charge in [-0.15, -0.1) is 10.2 Å². The van der Waals surface area contributed by atoms with Gasteiger partial charge in [0.25, 0.3) is 0 Å². The number of benzene rings is 1. The van der Waals surface area contributed by atoms with E-state index in [1.54, 1.807) is 24.2 Å². The highest BCUT2D eigenvalue weighted by atomic mass is 35.5. The second kappa shape index (κ2) is 8.69. The molecule has 0 spiro atoms. The maximum absolute atomic E-state index is 5.80. The van der Waals surface area contributed by atoms with Crippen LogP contribution in [0, 0.1) is 0 Å². The molecule has 0 aliphatic carbocycles. The van der Waals surface area contributed by atoms with Crippen molar-refractivity contribution in [2.45, 2.75) is 12.1 Å². The van der Waals surface area contributed by atoms with E-state index in [2.05, 4.69) is 15.2 Å². The molecule has 0 unspecified atom stereocenters. The molecule has 0 radical (unpaired) electrons. The molecular weight excluding hydrogens is 356 g/mol. The lowest BCUT2D eigenvalue weighted by molar-refractivity contribution is 0.338. The minimum atomic E-state index is 0.582. The topological polar surface area (TPSA) is 52.8 Å². The summed E-state index contributed by atoms with van der Waals surface area (Å²) in [6.07, 6.45) is 5.37. The van der Waals surface area contributed by atoms with Gasteiger partial charge < -0.3 is 4.74 Å². The zero-order valence-electron chi connectivity index (χ0n) is 13.7. The fourth-order valence-corrected chi connectivity index (χ4v) is 3.29. The summed E-state index contributed by atoms with van der Waals surface area (Å²) in [5.74, 6) is 2.20. The number of rotatable bonds is 7. The summed E-state index contributed by atoms with van der Waals surface area (Å²) in [5.41, 5.74) is 3.29. The van der Waals surface area contributed by atoms with Crippen molar-refractivity contribution < 1.29 is 4.74 Å². The predicted octanol–water partition coefficient (Wildman–Crippen LogP) is 4.57. The largest absolute Gasteiger partial charge is 0.492 e. The summed E-state index contributed by atoms with van der Waals surface area (Å²) in [7, 11) is 0. The lowest BCUT2D eigenvalue weighted by atomic mass is 10.2. The van der Waals surface area contributed by atoms with E-state index in [4.69, 9.17) is 16.3 Å². The van der Waals surface area contributed by atoms with Crippen molar-refractivity contribution in [3.05, 3.63) is 60.4 Å². The van der Waals surface area contributed by atoms with Crippen molar-refractivity contribution in [3.8, 4) is 22.8 Å². The van der Waals surface area contributed by atoms with Gasteiger partial charge in [-0.05, 0) is 31.2 Å². The third-order valence-corrected chi connectivity index (χ3v) is 4.42. The van der Waals surface area contributed by atoms with Crippen LogP contribution in [0.3, 0.4) is 0 Å². The van der Waals surface area contributed by atoms with Gasteiger partial charge in [0.1, 0.15) is 5.75 Å². The first-order valence-corrected chi connectivity index (χ1v) is 9.23. The Kier molecular flexibility index (Phi) is 6.09. The SMILES string of the molecule is CCOc1ccccc1-n1c(SCC=CCl)nnc1-c1cccnc1. The van der Waals surface area contributed by atoms with Crippen LogP contribution in [-0.4, -0.2) is 32.1 Å². The zero-order valence-corrected chi connectivity index (χ0v) is 15.2. The molecule has 0 aliphatic rings. The van der Waals surface area contributed by atoms with Crippen LogP contribution in [0.15, 0.2) is 65.6 Å². The molecule has 0 amide bonds. The average Bonchev–Trinajstić information content (AvgIpc) is 3.07. The molecule has 2 heterocycles. The third-order valence-electron chi connectivity index (χ3n) is 3.36. The van der Waals surface area contributed by atoms with Crippen LogP contribution in [0.1, 0.15) is 6.92 Å². The fraction of sp³-hybridized carbons (Fsp3) is 0.167. The van der Waals surface area contributed by atoms with Crippen molar-refractivity contribution in [3.63, 3.8) is 0 Å². The van der Waals surface area contributed by atoms with Crippen LogP contribution >= 0.6 is 23.4 Å². The van der Waals surface area contributed by atoms with Crippen LogP contribution in [0.4, 0.5) is 0 Å². The van der Waals surface area contributed by atoms with E-state index in [0.29, 0.717) is 12.4 Å². The Labute approximate surface area is 155 Å². The number of nitrogens with zero attached hydrogens (tertiary/aromatic N) is 4. The number of halogens is 1. The molecule has 5 nitrogen and oxygen atoms in total. The number of pyridine rings is 1. The molecule has 25 heavy (non-hydrogen) atoms. The normalized spacial score (nSPS) is 11.1.